The van der Waals surface area contributed by atoms with Crippen LogP contribution < -0.4 is 4.90 Å². The number of benzene rings is 1. The van der Waals surface area contributed by atoms with Crippen LogP contribution in [0.15, 0.2) is 30.3 Å². The summed E-state index contributed by atoms with van der Waals surface area (Å²) in [6.07, 6.45) is -1.80. The Balaban J connectivity index is 3.27. The lowest BCUT2D eigenvalue weighted by atomic mass is 9.95. The number of amides is 1. The van der Waals surface area contributed by atoms with E-state index in [2.05, 4.69) is 0 Å². The standard InChI is InChI=1S/C19H29NO5/c1-13(2)11-15(16(21)12-17(22)23)20(14-9-7-6-8-10-14)18(24)25-19(3,4)5/h6-10,13,15-16,21H,11-12H2,1-5H3,(H,22,23)/t15-,16-/m0/s1. The number of carbonyl (C=O) groups excluding carboxylic acids is 1. The molecular formula is C19H29NO5. The number of hydrogen-bond acceptors (Lipinski definition) is 4. The zero-order valence-corrected chi connectivity index (χ0v) is 15.6. The summed E-state index contributed by atoms with van der Waals surface area (Å²) >= 11 is 0. The third-order valence-electron chi connectivity index (χ3n) is 3.50. The van der Waals surface area contributed by atoms with E-state index in [9.17, 15) is 14.7 Å². The monoisotopic (exact) mass is 351 g/mol. The van der Waals surface area contributed by atoms with E-state index < -0.39 is 36.2 Å². The molecule has 0 bridgehead atoms. The minimum Gasteiger partial charge on any atom is -0.481 e. The molecule has 0 fully saturated rings. The first-order valence-electron chi connectivity index (χ1n) is 8.48. The summed E-state index contributed by atoms with van der Waals surface area (Å²) in [7, 11) is 0. The SMILES string of the molecule is CC(C)C[C@@H]([C@@H](O)CC(=O)O)N(C(=O)OC(C)(C)C)c1ccccc1. The van der Waals surface area contributed by atoms with Gasteiger partial charge >= 0.3 is 12.1 Å². The lowest BCUT2D eigenvalue weighted by Gasteiger charge is -2.36. The molecule has 6 heteroatoms. The second-order valence-electron chi connectivity index (χ2n) is 7.55. The van der Waals surface area contributed by atoms with Crippen molar-refractivity contribution in [1.29, 1.82) is 0 Å². The second kappa shape index (κ2) is 8.85. The van der Waals surface area contributed by atoms with Gasteiger partial charge in [0, 0.05) is 5.69 Å². The van der Waals surface area contributed by atoms with E-state index in [1.165, 1.54) is 4.90 Å². The predicted molar refractivity (Wildman–Crippen MR) is 96.7 cm³/mol. The molecule has 0 aliphatic heterocycles. The summed E-state index contributed by atoms with van der Waals surface area (Å²) in [6.45, 7) is 9.20. The molecule has 0 aliphatic rings. The van der Waals surface area contributed by atoms with E-state index in [1.807, 2.05) is 19.9 Å². The summed E-state index contributed by atoms with van der Waals surface area (Å²) in [4.78, 5) is 25.3. The first-order valence-corrected chi connectivity index (χ1v) is 8.48. The van der Waals surface area contributed by atoms with Gasteiger partial charge in [-0.2, -0.15) is 0 Å². The highest BCUT2D eigenvalue weighted by Crippen LogP contribution is 2.26. The van der Waals surface area contributed by atoms with Crippen LogP contribution in [0.3, 0.4) is 0 Å². The van der Waals surface area contributed by atoms with E-state index in [-0.39, 0.29) is 5.92 Å². The van der Waals surface area contributed by atoms with Gasteiger partial charge in [0.15, 0.2) is 0 Å². The molecule has 1 rings (SSSR count). The Morgan fingerprint density at radius 3 is 2.16 bits per heavy atom. The minimum atomic E-state index is -1.20. The molecule has 2 N–H and O–H groups in total. The van der Waals surface area contributed by atoms with Gasteiger partial charge in [0.25, 0.3) is 0 Å². The maximum absolute atomic E-state index is 12.8. The van der Waals surface area contributed by atoms with E-state index in [0.717, 1.165) is 0 Å². The Labute approximate surface area is 149 Å². The zero-order valence-electron chi connectivity index (χ0n) is 15.6. The second-order valence-corrected chi connectivity index (χ2v) is 7.55. The Morgan fingerprint density at radius 2 is 1.72 bits per heavy atom. The lowest BCUT2D eigenvalue weighted by molar-refractivity contribution is -0.139. The number of anilines is 1. The van der Waals surface area contributed by atoms with Gasteiger partial charge in [-0.1, -0.05) is 32.0 Å². The van der Waals surface area contributed by atoms with E-state index in [1.54, 1.807) is 45.0 Å². The average molecular weight is 351 g/mol. The number of carbonyl (C=O) groups is 2. The first kappa shape index (κ1) is 21.0. The number of nitrogens with zero attached hydrogens (tertiary/aromatic N) is 1. The van der Waals surface area contributed by atoms with Crippen LogP contribution in [0.4, 0.5) is 10.5 Å². The van der Waals surface area contributed by atoms with Crippen LogP contribution in [0.2, 0.25) is 0 Å². The highest BCUT2D eigenvalue weighted by atomic mass is 16.6. The fraction of sp³-hybridized carbons (Fsp3) is 0.579. The third kappa shape index (κ3) is 7.13. The van der Waals surface area contributed by atoms with Gasteiger partial charge < -0.3 is 14.9 Å². The highest BCUT2D eigenvalue weighted by Gasteiger charge is 2.35. The van der Waals surface area contributed by atoms with Gasteiger partial charge in [0.1, 0.15) is 5.60 Å². The van der Waals surface area contributed by atoms with E-state index >= 15 is 0 Å². The number of carboxylic acids is 1. The Morgan fingerprint density at radius 1 is 1.16 bits per heavy atom. The molecule has 1 aromatic rings. The smallest absolute Gasteiger partial charge is 0.415 e. The molecule has 0 unspecified atom stereocenters. The Hall–Kier alpha value is -2.08. The van der Waals surface area contributed by atoms with Crippen molar-refractivity contribution < 1.29 is 24.5 Å². The predicted octanol–water partition coefficient (Wildman–Crippen LogP) is 3.68. The van der Waals surface area contributed by atoms with E-state index in [0.29, 0.717) is 12.1 Å². The summed E-state index contributed by atoms with van der Waals surface area (Å²) in [5.41, 5.74) is -0.142. The maximum atomic E-state index is 12.8. The van der Waals surface area contributed by atoms with Crippen LogP contribution in [-0.4, -0.2) is 40.0 Å². The summed E-state index contributed by atoms with van der Waals surface area (Å²) < 4.78 is 5.50. The van der Waals surface area contributed by atoms with Crippen molar-refractivity contribution in [1.82, 2.24) is 0 Å². The lowest BCUT2D eigenvalue weighted by Crippen LogP contribution is -2.50. The van der Waals surface area contributed by atoms with Crippen LogP contribution in [0.5, 0.6) is 0 Å². The fourth-order valence-corrected chi connectivity index (χ4v) is 2.56. The summed E-state index contributed by atoms with van der Waals surface area (Å²) in [5.74, 6) is -0.958. The van der Waals surface area contributed by atoms with E-state index in [4.69, 9.17) is 9.84 Å². The molecule has 0 spiro atoms. The number of aliphatic hydroxyl groups excluding tert-OH is 1. The van der Waals surface area contributed by atoms with Gasteiger partial charge in [0.05, 0.1) is 18.6 Å². The van der Waals surface area contributed by atoms with Crippen molar-refractivity contribution in [3.05, 3.63) is 30.3 Å². The number of rotatable bonds is 7. The van der Waals surface area contributed by atoms with Crippen molar-refractivity contribution >= 4 is 17.7 Å². The molecule has 0 saturated heterocycles. The quantitative estimate of drug-likeness (QED) is 0.782. The molecule has 25 heavy (non-hydrogen) atoms. The average Bonchev–Trinajstić information content (AvgIpc) is 2.44. The summed E-state index contributed by atoms with van der Waals surface area (Å²) in [5, 5.41) is 19.5. The molecule has 0 aliphatic carbocycles. The van der Waals surface area contributed by atoms with Crippen LogP contribution in [0.1, 0.15) is 47.5 Å². The van der Waals surface area contributed by atoms with Crippen LogP contribution in [0.25, 0.3) is 0 Å². The molecule has 0 heterocycles. The topological polar surface area (TPSA) is 87.1 Å². The number of para-hydroxylation sites is 1. The Kier molecular flexibility index (Phi) is 7.42. The molecule has 140 valence electrons. The van der Waals surface area contributed by atoms with Crippen molar-refractivity contribution in [2.75, 3.05) is 4.90 Å². The van der Waals surface area contributed by atoms with Gasteiger partial charge in [-0.3, -0.25) is 9.69 Å². The largest absolute Gasteiger partial charge is 0.481 e. The molecule has 0 aromatic heterocycles. The van der Waals surface area contributed by atoms with Crippen LogP contribution in [-0.2, 0) is 9.53 Å². The number of ether oxygens (including phenoxy) is 1. The van der Waals surface area contributed by atoms with Crippen molar-refractivity contribution in [3.63, 3.8) is 0 Å². The zero-order chi connectivity index (χ0) is 19.2. The minimum absolute atomic E-state index is 0.155. The van der Waals surface area contributed by atoms with Crippen LogP contribution in [0, 0.1) is 5.92 Å². The van der Waals surface area contributed by atoms with Gasteiger partial charge in [-0.15, -0.1) is 0 Å². The number of carboxylic acid groups (broad SMARTS) is 1. The van der Waals surface area contributed by atoms with Crippen molar-refractivity contribution in [2.45, 2.75) is 65.2 Å². The molecule has 1 aromatic carbocycles. The van der Waals surface area contributed by atoms with Gasteiger partial charge in [-0.25, -0.2) is 4.79 Å². The molecule has 0 saturated carbocycles. The number of hydrogen-bond donors (Lipinski definition) is 2. The van der Waals surface area contributed by atoms with Gasteiger partial charge in [-0.05, 0) is 45.2 Å². The number of aliphatic carboxylic acids is 1. The Bertz CT molecular complexity index is 565. The molecule has 6 nitrogen and oxygen atoms in total. The molecule has 2 atom stereocenters. The van der Waals surface area contributed by atoms with Crippen LogP contribution >= 0.6 is 0 Å². The molecule has 1 amide bonds. The maximum Gasteiger partial charge on any atom is 0.415 e. The third-order valence-corrected chi connectivity index (χ3v) is 3.50. The van der Waals surface area contributed by atoms with Crippen molar-refractivity contribution in [3.8, 4) is 0 Å². The van der Waals surface area contributed by atoms with Gasteiger partial charge in [0.2, 0.25) is 0 Å². The van der Waals surface area contributed by atoms with Crippen molar-refractivity contribution in [2.24, 2.45) is 5.92 Å². The first-order chi connectivity index (χ1) is 11.5. The molecular weight excluding hydrogens is 322 g/mol. The normalized spacial score (nSPS) is 14.0. The highest BCUT2D eigenvalue weighted by molar-refractivity contribution is 5.88. The molecule has 0 radical (unpaired) electrons. The number of aliphatic hydroxyl groups is 1. The summed E-state index contributed by atoms with van der Waals surface area (Å²) in [6, 6.07) is 8.16. The fourth-order valence-electron chi connectivity index (χ4n) is 2.56.